The molecule has 0 atom stereocenters. The number of halogens is 2. The Morgan fingerprint density at radius 2 is 1.90 bits per heavy atom. The van der Waals surface area contributed by atoms with Crippen LogP contribution < -0.4 is 4.84 Å². The molecule has 0 heterocycles. The summed E-state index contributed by atoms with van der Waals surface area (Å²) in [5.74, 6) is -0.224. The van der Waals surface area contributed by atoms with E-state index in [4.69, 9.17) is 11.8 Å². The van der Waals surface area contributed by atoms with Gasteiger partial charge in [0.25, 0.3) is 0 Å². The molecule has 1 aromatic carbocycles. The molecule has 0 saturated heterocycles. The highest BCUT2D eigenvalue weighted by molar-refractivity contribution is 6.13. The van der Waals surface area contributed by atoms with Crippen LogP contribution in [0.4, 0.5) is 4.39 Å². The first kappa shape index (κ1) is 7.51. The van der Waals surface area contributed by atoms with Crippen molar-refractivity contribution in [3.8, 4) is 0 Å². The van der Waals surface area contributed by atoms with Crippen molar-refractivity contribution in [2.75, 3.05) is 0 Å². The van der Waals surface area contributed by atoms with Crippen LogP contribution in [0.2, 0.25) is 0 Å². The Kier molecular flexibility index (Phi) is 2.66. The minimum absolute atomic E-state index is 0.224. The van der Waals surface area contributed by atoms with Crippen molar-refractivity contribution < 1.29 is 4.39 Å². The number of benzene rings is 1. The van der Waals surface area contributed by atoms with Gasteiger partial charge in [0.2, 0.25) is 0 Å². The molecule has 0 amide bonds. The SMILES string of the molecule is Fc1ccc(CNCl)cc1. The molecule has 10 heavy (non-hydrogen) atoms. The van der Waals surface area contributed by atoms with Crippen molar-refractivity contribution in [1.29, 1.82) is 0 Å². The lowest BCUT2D eigenvalue weighted by Gasteiger charge is -1.95. The lowest BCUT2D eigenvalue weighted by atomic mass is 10.2. The molecule has 1 N–H and O–H groups in total. The molecule has 1 nitrogen and oxygen atoms in total. The van der Waals surface area contributed by atoms with Crippen LogP contribution >= 0.6 is 11.8 Å². The van der Waals surface area contributed by atoms with Crippen LogP contribution in [0, 0.1) is 5.82 Å². The maximum absolute atomic E-state index is 12.3. The third-order valence-electron chi connectivity index (χ3n) is 1.18. The summed E-state index contributed by atoms with van der Waals surface area (Å²) in [7, 11) is 0. The molecule has 0 unspecified atom stereocenters. The molecule has 0 aliphatic heterocycles. The molecule has 0 aliphatic carbocycles. The van der Waals surface area contributed by atoms with Gasteiger partial charge in [0.1, 0.15) is 5.82 Å². The number of rotatable bonds is 2. The quantitative estimate of drug-likeness (QED) is 0.652. The van der Waals surface area contributed by atoms with Crippen LogP contribution in [-0.2, 0) is 6.54 Å². The number of hydrogen-bond acceptors (Lipinski definition) is 1. The van der Waals surface area contributed by atoms with Crippen molar-refractivity contribution in [3.05, 3.63) is 35.6 Å². The van der Waals surface area contributed by atoms with Gasteiger partial charge in [-0.3, -0.25) is 0 Å². The molecule has 3 heteroatoms. The third-order valence-corrected chi connectivity index (χ3v) is 1.32. The molecule has 0 aromatic heterocycles. The number of hydrogen-bond donors (Lipinski definition) is 1. The van der Waals surface area contributed by atoms with Gasteiger partial charge in [-0.25, -0.2) is 9.23 Å². The molecular formula is C7H7ClFN. The lowest BCUT2D eigenvalue weighted by Crippen LogP contribution is -1.97. The predicted molar refractivity (Wildman–Crippen MR) is 39.1 cm³/mol. The molecule has 0 radical (unpaired) electrons. The van der Waals surface area contributed by atoms with Gasteiger partial charge in [0.05, 0.1) is 0 Å². The monoisotopic (exact) mass is 159 g/mol. The van der Waals surface area contributed by atoms with Gasteiger partial charge in [0, 0.05) is 6.54 Å². The predicted octanol–water partition coefficient (Wildman–Crippen LogP) is 2.07. The minimum Gasteiger partial charge on any atom is -0.229 e. The van der Waals surface area contributed by atoms with Crippen molar-refractivity contribution in [2.24, 2.45) is 0 Å². The summed E-state index contributed by atoms with van der Waals surface area (Å²) < 4.78 is 12.3. The maximum atomic E-state index is 12.3. The highest BCUT2D eigenvalue weighted by Gasteiger charge is 1.90. The summed E-state index contributed by atoms with van der Waals surface area (Å²) in [6.07, 6.45) is 0. The van der Waals surface area contributed by atoms with E-state index in [-0.39, 0.29) is 5.82 Å². The second kappa shape index (κ2) is 3.54. The smallest absolute Gasteiger partial charge is 0.123 e. The van der Waals surface area contributed by atoms with E-state index in [1.54, 1.807) is 12.1 Å². The van der Waals surface area contributed by atoms with E-state index < -0.39 is 0 Å². The first-order chi connectivity index (χ1) is 4.83. The van der Waals surface area contributed by atoms with Gasteiger partial charge < -0.3 is 0 Å². The largest absolute Gasteiger partial charge is 0.229 e. The standard InChI is InChI=1S/C7H7ClFN/c8-10-5-6-1-3-7(9)4-2-6/h1-4,10H,5H2. The molecule has 54 valence electrons. The van der Waals surface area contributed by atoms with Crippen molar-refractivity contribution >= 4 is 11.8 Å². The Labute approximate surface area is 63.9 Å². The second-order valence-corrected chi connectivity index (χ2v) is 2.20. The molecule has 0 fully saturated rings. The molecule has 0 aliphatic rings. The van der Waals surface area contributed by atoms with Crippen LogP contribution in [-0.4, -0.2) is 0 Å². The van der Waals surface area contributed by atoms with Gasteiger partial charge in [-0.05, 0) is 29.5 Å². The fourth-order valence-corrected chi connectivity index (χ4v) is 0.834. The highest BCUT2D eigenvalue weighted by atomic mass is 35.5. The topological polar surface area (TPSA) is 12.0 Å². The van der Waals surface area contributed by atoms with Crippen LogP contribution in [0.25, 0.3) is 0 Å². The van der Waals surface area contributed by atoms with E-state index in [1.807, 2.05) is 0 Å². The van der Waals surface area contributed by atoms with Crippen molar-refractivity contribution in [1.82, 2.24) is 4.84 Å². The van der Waals surface area contributed by atoms with E-state index in [9.17, 15) is 4.39 Å². The van der Waals surface area contributed by atoms with Crippen LogP contribution in [0.15, 0.2) is 24.3 Å². The van der Waals surface area contributed by atoms with E-state index in [1.165, 1.54) is 12.1 Å². The van der Waals surface area contributed by atoms with Crippen molar-refractivity contribution in [2.45, 2.75) is 6.54 Å². The Balaban J connectivity index is 2.69. The summed E-state index contributed by atoms with van der Waals surface area (Å²) in [6, 6.07) is 6.18. The molecule has 1 rings (SSSR count). The average Bonchev–Trinajstić information content (AvgIpc) is 1.95. The zero-order valence-corrected chi connectivity index (χ0v) is 6.03. The maximum Gasteiger partial charge on any atom is 0.123 e. The third kappa shape index (κ3) is 1.97. The van der Waals surface area contributed by atoms with Gasteiger partial charge in [0.15, 0.2) is 0 Å². The average molecular weight is 160 g/mol. The van der Waals surface area contributed by atoms with E-state index in [0.717, 1.165) is 5.56 Å². The Morgan fingerprint density at radius 3 is 2.40 bits per heavy atom. The second-order valence-electron chi connectivity index (χ2n) is 1.94. The molecule has 0 saturated carbocycles. The van der Waals surface area contributed by atoms with Crippen LogP contribution in [0.5, 0.6) is 0 Å². The summed E-state index contributed by atoms with van der Waals surface area (Å²) in [6.45, 7) is 0.557. The first-order valence-corrected chi connectivity index (χ1v) is 3.28. The number of nitrogens with one attached hydrogen (secondary N) is 1. The minimum atomic E-state index is -0.224. The molecule has 0 bridgehead atoms. The fourth-order valence-electron chi connectivity index (χ4n) is 0.679. The molecule has 1 aromatic rings. The summed E-state index contributed by atoms with van der Waals surface area (Å²) in [5, 5.41) is 0. The van der Waals surface area contributed by atoms with E-state index >= 15 is 0 Å². The molecule has 0 spiro atoms. The lowest BCUT2D eigenvalue weighted by molar-refractivity contribution is 0.627. The zero-order chi connectivity index (χ0) is 7.40. The van der Waals surface area contributed by atoms with E-state index in [0.29, 0.717) is 6.54 Å². The Hall–Kier alpha value is -0.600. The summed E-state index contributed by atoms with van der Waals surface area (Å²) >= 11 is 5.23. The first-order valence-electron chi connectivity index (χ1n) is 2.91. The Morgan fingerprint density at radius 1 is 1.30 bits per heavy atom. The van der Waals surface area contributed by atoms with Gasteiger partial charge in [-0.15, -0.1) is 0 Å². The van der Waals surface area contributed by atoms with Crippen LogP contribution in [0.3, 0.4) is 0 Å². The van der Waals surface area contributed by atoms with Gasteiger partial charge in [-0.1, -0.05) is 12.1 Å². The van der Waals surface area contributed by atoms with Gasteiger partial charge in [-0.2, -0.15) is 0 Å². The zero-order valence-electron chi connectivity index (χ0n) is 5.27. The van der Waals surface area contributed by atoms with E-state index in [2.05, 4.69) is 4.84 Å². The summed E-state index contributed by atoms with van der Waals surface area (Å²) in [5.41, 5.74) is 0.969. The normalized spacial score (nSPS) is 9.80. The van der Waals surface area contributed by atoms with Crippen LogP contribution in [0.1, 0.15) is 5.56 Å². The van der Waals surface area contributed by atoms with Crippen molar-refractivity contribution in [3.63, 3.8) is 0 Å². The van der Waals surface area contributed by atoms with Gasteiger partial charge >= 0.3 is 0 Å². The fraction of sp³-hybridized carbons (Fsp3) is 0.143. The molecular weight excluding hydrogens is 153 g/mol. The highest BCUT2D eigenvalue weighted by Crippen LogP contribution is 2.01. The Bertz CT molecular complexity index is 197. The summed E-state index contributed by atoms with van der Waals surface area (Å²) in [4.78, 5) is 2.45.